The Morgan fingerprint density at radius 2 is 1.42 bits per heavy atom. The van der Waals surface area contributed by atoms with Gasteiger partial charge in [0.2, 0.25) is 17.7 Å². The molecular weight excluding hydrogens is 584 g/mol. The van der Waals surface area contributed by atoms with E-state index in [1.807, 2.05) is 24.3 Å². The summed E-state index contributed by atoms with van der Waals surface area (Å²) in [5.74, 6) is -4.84. The number of phenols is 1. The zero-order valence-corrected chi connectivity index (χ0v) is 24.7. The summed E-state index contributed by atoms with van der Waals surface area (Å²) in [6.07, 6.45) is 2.30. The van der Waals surface area contributed by atoms with Crippen molar-refractivity contribution in [3.05, 3.63) is 65.9 Å². The van der Waals surface area contributed by atoms with Crippen LogP contribution in [0.2, 0.25) is 0 Å². The quantitative estimate of drug-likeness (QED) is 0.0887. The molecule has 4 unspecified atom stereocenters. The average molecular weight is 625 g/mol. The molecule has 2 aromatic carbocycles. The van der Waals surface area contributed by atoms with Crippen LogP contribution in [-0.2, 0) is 36.8 Å². The molecule has 0 aliphatic rings. The Morgan fingerprint density at radius 1 is 0.778 bits per heavy atom. The number of nitrogens with one attached hydrogen (secondary N) is 4. The Bertz CT molecular complexity index is 1470. The van der Waals surface area contributed by atoms with Crippen LogP contribution in [0.3, 0.4) is 0 Å². The highest BCUT2D eigenvalue weighted by atomic mass is 16.4. The van der Waals surface area contributed by atoms with E-state index in [0.29, 0.717) is 36.9 Å². The lowest BCUT2D eigenvalue weighted by Gasteiger charge is -2.25. The van der Waals surface area contributed by atoms with Crippen molar-refractivity contribution in [3.63, 3.8) is 0 Å². The first-order chi connectivity index (χ1) is 21.5. The predicted molar refractivity (Wildman–Crippen MR) is 165 cm³/mol. The second kappa shape index (κ2) is 16.8. The van der Waals surface area contributed by atoms with Gasteiger partial charge in [-0.3, -0.25) is 19.2 Å². The summed E-state index contributed by atoms with van der Waals surface area (Å²) >= 11 is 0. The number of H-pyrrole nitrogens is 1. The summed E-state index contributed by atoms with van der Waals surface area (Å²) in [6, 6.07) is 8.17. The molecule has 3 amide bonds. The number of aromatic amines is 1. The third kappa shape index (κ3) is 10.6. The second-order valence-corrected chi connectivity index (χ2v) is 10.8. The van der Waals surface area contributed by atoms with Crippen LogP contribution < -0.4 is 27.4 Å². The average Bonchev–Trinajstić information content (AvgIpc) is 3.41. The van der Waals surface area contributed by atoms with Gasteiger partial charge in [0, 0.05) is 36.4 Å². The number of carbonyl (C=O) groups is 5. The van der Waals surface area contributed by atoms with Crippen LogP contribution in [0.5, 0.6) is 5.75 Å². The van der Waals surface area contributed by atoms with Gasteiger partial charge in [-0.2, -0.15) is 0 Å². The van der Waals surface area contributed by atoms with Crippen molar-refractivity contribution in [2.75, 3.05) is 6.54 Å². The molecule has 0 aliphatic carbocycles. The highest BCUT2D eigenvalue weighted by molar-refractivity contribution is 5.94. The van der Waals surface area contributed by atoms with Gasteiger partial charge in [-0.05, 0) is 55.1 Å². The fourth-order valence-electron chi connectivity index (χ4n) is 4.80. The van der Waals surface area contributed by atoms with E-state index in [2.05, 4.69) is 20.9 Å². The smallest absolute Gasteiger partial charge is 0.326 e. The molecule has 14 nitrogen and oxygen atoms in total. The molecule has 0 saturated heterocycles. The van der Waals surface area contributed by atoms with Gasteiger partial charge in [0.1, 0.15) is 23.9 Å². The number of carbonyl (C=O) groups excluding carboxylic acids is 3. The van der Waals surface area contributed by atoms with Gasteiger partial charge in [0.25, 0.3) is 0 Å². The van der Waals surface area contributed by atoms with Gasteiger partial charge < -0.3 is 47.7 Å². The number of unbranched alkanes of at least 4 members (excludes halogenated alkanes) is 1. The summed E-state index contributed by atoms with van der Waals surface area (Å²) in [7, 11) is 0. The molecule has 0 bridgehead atoms. The third-order valence-corrected chi connectivity index (χ3v) is 7.31. The van der Waals surface area contributed by atoms with E-state index in [1.54, 1.807) is 6.20 Å². The number of aromatic nitrogens is 1. The molecule has 242 valence electrons. The van der Waals surface area contributed by atoms with Crippen molar-refractivity contribution in [1.29, 1.82) is 0 Å². The maximum Gasteiger partial charge on any atom is 0.326 e. The number of hydrogen-bond donors (Lipinski definition) is 9. The highest BCUT2D eigenvalue weighted by Gasteiger charge is 2.31. The van der Waals surface area contributed by atoms with E-state index < -0.39 is 60.2 Å². The SMILES string of the molecule is NCCCCC(N)C(=O)NC(CCC(=O)O)C(=O)NC(Cc1ccc(O)cc1)C(=O)NC(Cc1c[nH]c2ccccc12)C(=O)O. The Balaban J connectivity index is 1.81. The minimum absolute atomic E-state index is 0.0206. The van der Waals surface area contributed by atoms with Crippen molar-refractivity contribution < 1.29 is 39.3 Å². The molecular formula is C31H40N6O8. The number of aliphatic carboxylic acids is 2. The third-order valence-electron chi connectivity index (χ3n) is 7.31. The Labute approximate surface area is 259 Å². The highest BCUT2D eigenvalue weighted by Crippen LogP contribution is 2.19. The van der Waals surface area contributed by atoms with Crippen molar-refractivity contribution in [1.82, 2.24) is 20.9 Å². The zero-order chi connectivity index (χ0) is 32.9. The lowest BCUT2D eigenvalue weighted by atomic mass is 10.0. The van der Waals surface area contributed by atoms with Gasteiger partial charge in [-0.25, -0.2) is 4.79 Å². The number of amides is 3. The van der Waals surface area contributed by atoms with Crippen molar-refractivity contribution >= 4 is 40.6 Å². The summed E-state index contributed by atoms with van der Waals surface area (Å²) in [4.78, 5) is 66.3. The lowest BCUT2D eigenvalue weighted by Crippen LogP contribution is -2.57. The second-order valence-electron chi connectivity index (χ2n) is 10.8. The normalized spacial score (nSPS) is 13.7. The molecule has 11 N–H and O–H groups in total. The van der Waals surface area contributed by atoms with Crippen LogP contribution >= 0.6 is 0 Å². The van der Waals surface area contributed by atoms with E-state index in [0.717, 1.165) is 10.9 Å². The van der Waals surface area contributed by atoms with Gasteiger partial charge in [0.15, 0.2) is 0 Å². The van der Waals surface area contributed by atoms with E-state index in [9.17, 15) is 39.3 Å². The fourth-order valence-corrected chi connectivity index (χ4v) is 4.80. The number of hydrogen-bond acceptors (Lipinski definition) is 8. The monoisotopic (exact) mass is 624 g/mol. The number of carboxylic acids is 2. The molecule has 3 aromatic rings. The zero-order valence-electron chi connectivity index (χ0n) is 24.7. The summed E-state index contributed by atoms with van der Waals surface area (Å²) in [5, 5.41) is 37.2. The first-order valence-electron chi connectivity index (χ1n) is 14.6. The summed E-state index contributed by atoms with van der Waals surface area (Å²) < 4.78 is 0. The number of para-hydroxylation sites is 1. The molecule has 0 spiro atoms. The Morgan fingerprint density at radius 3 is 2.09 bits per heavy atom. The minimum atomic E-state index is -1.36. The minimum Gasteiger partial charge on any atom is -0.508 e. The molecule has 0 radical (unpaired) electrons. The van der Waals surface area contributed by atoms with Gasteiger partial charge in [0.05, 0.1) is 6.04 Å². The number of aromatic hydroxyl groups is 1. The molecule has 1 aromatic heterocycles. The maximum atomic E-state index is 13.6. The maximum absolute atomic E-state index is 13.6. The number of carboxylic acid groups (broad SMARTS) is 2. The van der Waals surface area contributed by atoms with E-state index in [1.165, 1.54) is 24.3 Å². The lowest BCUT2D eigenvalue weighted by molar-refractivity contribution is -0.142. The van der Waals surface area contributed by atoms with E-state index in [4.69, 9.17) is 11.5 Å². The number of phenolic OH excluding ortho intramolecular Hbond substituents is 1. The number of fused-ring (bicyclic) bond motifs is 1. The van der Waals surface area contributed by atoms with Crippen LogP contribution in [0.25, 0.3) is 10.9 Å². The van der Waals surface area contributed by atoms with Crippen molar-refractivity contribution in [2.45, 2.75) is 69.1 Å². The number of nitrogens with two attached hydrogens (primary N) is 2. The first-order valence-corrected chi connectivity index (χ1v) is 14.6. The Hall–Kier alpha value is -4.95. The predicted octanol–water partition coefficient (Wildman–Crippen LogP) is 0.519. The molecule has 14 heteroatoms. The van der Waals surface area contributed by atoms with Crippen LogP contribution in [0.4, 0.5) is 0 Å². The van der Waals surface area contributed by atoms with Crippen LogP contribution in [0, 0.1) is 0 Å². The molecule has 0 aliphatic heterocycles. The fraction of sp³-hybridized carbons (Fsp3) is 0.387. The molecule has 1 heterocycles. The topological polar surface area (TPSA) is 250 Å². The number of benzene rings is 2. The largest absolute Gasteiger partial charge is 0.508 e. The van der Waals surface area contributed by atoms with Crippen LogP contribution in [0.1, 0.15) is 43.2 Å². The summed E-state index contributed by atoms with van der Waals surface area (Å²) in [5.41, 5.74) is 13.4. The molecule has 4 atom stereocenters. The molecule has 3 rings (SSSR count). The molecule has 0 saturated carbocycles. The Kier molecular flexibility index (Phi) is 12.9. The number of rotatable bonds is 18. The summed E-state index contributed by atoms with van der Waals surface area (Å²) in [6.45, 7) is 0.424. The van der Waals surface area contributed by atoms with E-state index in [-0.39, 0.29) is 25.0 Å². The van der Waals surface area contributed by atoms with Crippen molar-refractivity contribution in [2.24, 2.45) is 11.5 Å². The van der Waals surface area contributed by atoms with Crippen LogP contribution in [-0.4, -0.2) is 80.7 Å². The molecule has 0 fully saturated rings. The van der Waals surface area contributed by atoms with E-state index >= 15 is 0 Å². The van der Waals surface area contributed by atoms with Gasteiger partial charge in [-0.15, -0.1) is 0 Å². The first kappa shape index (κ1) is 34.5. The van der Waals surface area contributed by atoms with Crippen LogP contribution in [0.15, 0.2) is 54.7 Å². The van der Waals surface area contributed by atoms with Gasteiger partial charge >= 0.3 is 11.9 Å². The van der Waals surface area contributed by atoms with Gasteiger partial charge in [-0.1, -0.05) is 36.8 Å². The standard InChI is InChI=1S/C31H40N6O8/c32-14-4-3-6-22(33)28(41)35-24(12-13-27(39)40)29(42)36-25(15-18-8-10-20(38)11-9-18)30(43)37-26(31(44)45)16-19-17-34-23-7-2-1-5-21(19)23/h1-2,5,7-11,17,22,24-26,34,38H,3-4,6,12-16,32-33H2,(H,35,41)(H,36,42)(H,37,43)(H,39,40)(H,44,45). The van der Waals surface area contributed by atoms with Crippen molar-refractivity contribution in [3.8, 4) is 5.75 Å². The molecule has 45 heavy (non-hydrogen) atoms.